The third kappa shape index (κ3) is 3.94. The minimum atomic E-state index is 0.636. The largest absolute Gasteiger partial charge is 0.348 e. The van der Waals surface area contributed by atoms with E-state index < -0.39 is 0 Å². The van der Waals surface area contributed by atoms with Crippen molar-refractivity contribution in [1.82, 2.24) is 15.3 Å². The molecule has 0 aromatic carbocycles. The molecule has 0 spiro atoms. The second-order valence-electron chi connectivity index (χ2n) is 3.10. The Hall–Kier alpha value is -1.49. The Kier molecular flexibility index (Phi) is 5.42. The average Bonchev–Trinajstić information content (AvgIpc) is 2.32. The van der Waals surface area contributed by atoms with E-state index in [2.05, 4.69) is 29.4 Å². The van der Waals surface area contributed by atoms with Gasteiger partial charge < -0.3 is 4.90 Å². The first kappa shape index (κ1) is 12.6. The van der Waals surface area contributed by atoms with E-state index in [0.29, 0.717) is 5.11 Å². The molecule has 0 fully saturated rings. The fourth-order valence-electron chi connectivity index (χ4n) is 1.19. The zero-order valence-corrected chi connectivity index (χ0v) is 10.4. The summed E-state index contributed by atoms with van der Waals surface area (Å²) >= 11 is 5.17. The Bertz CT molecular complexity index is 346. The highest BCUT2D eigenvalue weighted by atomic mass is 32.1. The van der Waals surface area contributed by atoms with E-state index in [1.54, 1.807) is 12.4 Å². The summed E-state index contributed by atoms with van der Waals surface area (Å²) in [6.07, 6.45) is 3.37. The molecule has 1 aromatic rings. The van der Waals surface area contributed by atoms with Crippen LogP contribution in [0.3, 0.4) is 0 Å². The lowest BCUT2D eigenvalue weighted by Crippen LogP contribution is -2.37. The van der Waals surface area contributed by atoms with Gasteiger partial charge in [0.2, 0.25) is 0 Å². The molecule has 0 atom stereocenters. The molecule has 0 saturated carbocycles. The summed E-state index contributed by atoms with van der Waals surface area (Å²) in [5.41, 5.74) is 3.62. The standard InChI is InChI=1S/C11H16N4S/c1-3-15(4-2)11(16)14-13-9-10-7-5-6-8-12-10/h5-9H,3-4H2,1-2H3,(H,14,16)/b13-9+. The van der Waals surface area contributed by atoms with Gasteiger partial charge in [0.25, 0.3) is 0 Å². The van der Waals surface area contributed by atoms with Crippen LogP contribution in [0.5, 0.6) is 0 Å². The molecule has 1 heterocycles. The van der Waals surface area contributed by atoms with Gasteiger partial charge in [-0.3, -0.25) is 10.4 Å². The highest BCUT2D eigenvalue weighted by Gasteiger charge is 2.01. The topological polar surface area (TPSA) is 40.5 Å². The molecule has 4 nitrogen and oxygen atoms in total. The average molecular weight is 236 g/mol. The summed E-state index contributed by atoms with van der Waals surface area (Å²) in [6.45, 7) is 5.86. The van der Waals surface area contributed by atoms with Crippen molar-refractivity contribution in [2.75, 3.05) is 13.1 Å². The number of rotatable bonds is 4. The van der Waals surface area contributed by atoms with Crippen LogP contribution in [-0.2, 0) is 0 Å². The van der Waals surface area contributed by atoms with Crippen LogP contribution in [0.25, 0.3) is 0 Å². The lowest BCUT2D eigenvalue weighted by atomic mass is 10.4. The summed E-state index contributed by atoms with van der Waals surface area (Å²) in [7, 11) is 0. The number of hydrogen-bond donors (Lipinski definition) is 1. The first-order valence-corrected chi connectivity index (χ1v) is 5.67. The van der Waals surface area contributed by atoms with E-state index >= 15 is 0 Å². The van der Waals surface area contributed by atoms with Gasteiger partial charge in [-0.15, -0.1) is 0 Å². The second kappa shape index (κ2) is 6.90. The van der Waals surface area contributed by atoms with Gasteiger partial charge in [0.05, 0.1) is 11.9 Å². The number of nitrogens with zero attached hydrogens (tertiary/aromatic N) is 3. The molecule has 0 amide bonds. The Labute approximate surface area is 101 Å². The van der Waals surface area contributed by atoms with Crippen molar-refractivity contribution in [3.63, 3.8) is 0 Å². The van der Waals surface area contributed by atoms with Crippen LogP contribution in [0.4, 0.5) is 0 Å². The molecule has 0 radical (unpaired) electrons. The van der Waals surface area contributed by atoms with Crippen molar-refractivity contribution in [1.29, 1.82) is 0 Å². The van der Waals surface area contributed by atoms with E-state index in [1.807, 2.05) is 23.1 Å². The number of nitrogens with one attached hydrogen (secondary N) is 1. The third-order valence-corrected chi connectivity index (χ3v) is 2.44. The zero-order chi connectivity index (χ0) is 11.8. The number of hydrazone groups is 1. The maximum absolute atomic E-state index is 5.17. The minimum absolute atomic E-state index is 0.636. The number of thiocarbonyl (C=S) groups is 1. The van der Waals surface area contributed by atoms with Crippen LogP contribution in [0.2, 0.25) is 0 Å². The molecule has 5 heteroatoms. The van der Waals surface area contributed by atoms with Crippen LogP contribution < -0.4 is 5.43 Å². The van der Waals surface area contributed by atoms with Gasteiger partial charge in [-0.1, -0.05) is 6.07 Å². The molecular weight excluding hydrogens is 220 g/mol. The predicted molar refractivity (Wildman–Crippen MR) is 70.5 cm³/mol. The molecule has 0 aliphatic heterocycles. The molecule has 1 aromatic heterocycles. The Morgan fingerprint density at radius 2 is 2.25 bits per heavy atom. The maximum Gasteiger partial charge on any atom is 0.189 e. The number of pyridine rings is 1. The molecule has 1 rings (SSSR count). The molecule has 86 valence electrons. The fourth-order valence-corrected chi connectivity index (χ4v) is 1.50. The van der Waals surface area contributed by atoms with Gasteiger partial charge in [-0.25, -0.2) is 0 Å². The van der Waals surface area contributed by atoms with Gasteiger partial charge in [-0.2, -0.15) is 5.10 Å². The van der Waals surface area contributed by atoms with Gasteiger partial charge in [0.15, 0.2) is 5.11 Å². The van der Waals surface area contributed by atoms with Crippen LogP contribution in [0.1, 0.15) is 19.5 Å². The van der Waals surface area contributed by atoms with Crippen LogP contribution >= 0.6 is 12.2 Å². The molecule has 0 saturated heterocycles. The van der Waals surface area contributed by atoms with Gasteiger partial charge in [0, 0.05) is 19.3 Å². The molecule has 1 N–H and O–H groups in total. The van der Waals surface area contributed by atoms with Crippen molar-refractivity contribution in [3.8, 4) is 0 Å². The molecule has 0 unspecified atom stereocenters. The molecule has 0 aliphatic rings. The summed E-state index contributed by atoms with van der Waals surface area (Å²) in [4.78, 5) is 6.13. The molecule has 0 aliphatic carbocycles. The van der Waals surface area contributed by atoms with E-state index in [4.69, 9.17) is 12.2 Å². The minimum Gasteiger partial charge on any atom is -0.348 e. The van der Waals surface area contributed by atoms with Crippen LogP contribution in [0.15, 0.2) is 29.5 Å². The second-order valence-corrected chi connectivity index (χ2v) is 3.49. The van der Waals surface area contributed by atoms with Gasteiger partial charge in [0.1, 0.15) is 0 Å². The Morgan fingerprint density at radius 1 is 1.50 bits per heavy atom. The monoisotopic (exact) mass is 236 g/mol. The van der Waals surface area contributed by atoms with E-state index in [0.717, 1.165) is 18.8 Å². The highest BCUT2D eigenvalue weighted by molar-refractivity contribution is 7.80. The van der Waals surface area contributed by atoms with Gasteiger partial charge in [-0.05, 0) is 38.2 Å². The first-order chi connectivity index (χ1) is 7.77. The lowest BCUT2D eigenvalue weighted by Gasteiger charge is -2.20. The molecule has 0 bridgehead atoms. The number of aromatic nitrogens is 1. The lowest BCUT2D eigenvalue weighted by molar-refractivity contribution is 0.458. The van der Waals surface area contributed by atoms with Crippen molar-refractivity contribution in [3.05, 3.63) is 30.1 Å². The van der Waals surface area contributed by atoms with E-state index in [9.17, 15) is 0 Å². The normalized spacial score (nSPS) is 10.4. The third-order valence-electron chi connectivity index (χ3n) is 2.10. The van der Waals surface area contributed by atoms with Crippen molar-refractivity contribution >= 4 is 23.5 Å². The summed E-state index contributed by atoms with van der Waals surface area (Å²) in [5.74, 6) is 0. The fraction of sp³-hybridized carbons (Fsp3) is 0.364. The van der Waals surface area contributed by atoms with E-state index in [-0.39, 0.29) is 0 Å². The van der Waals surface area contributed by atoms with Crippen molar-refractivity contribution in [2.45, 2.75) is 13.8 Å². The summed E-state index contributed by atoms with van der Waals surface area (Å²) in [5, 5.41) is 4.67. The van der Waals surface area contributed by atoms with Crippen molar-refractivity contribution < 1.29 is 0 Å². The number of hydrogen-bond acceptors (Lipinski definition) is 3. The van der Waals surface area contributed by atoms with Crippen molar-refractivity contribution in [2.24, 2.45) is 5.10 Å². The smallest absolute Gasteiger partial charge is 0.189 e. The van der Waals surface area contributed by atoms with Crippen LogP contribution in [0, 0.1) is 0 Å². The zero-order valence-electron chi connectivity index (χ0n) is 9.55. The van der Waals surface area contributed by atoms with Gasteiger partial charge >= 0.3 is 0 Å². The molecular formula is C11H16N4S. The quantitative estimate of drug-likeness (QED) is 0.490. The summed E-state index contributed by atoms with van der Waals surface area (Å²) < 4.78 is 0. The predicted octanol–water partition coefficient (Wildman–Crippen LogP) is 1.63. The summed E-state index contributed by atoms with van der Waals surface area (Å²) in [6, 6.07) is 5.66. The highest BCUT2D eigenvalue weighted by Crippen LogP contribution is 1.90. The molecule has 16 heavy (non-hydrogen) atoms. The van der Waals surface area contributed by atoms with E-state index in [1.165, 1.54) is 0 Å². The first-order valence-electron chi connectivity index (χ1n) is 5.27. The SMILES string of the molecule is CCN(CC)C(=S)N/N=C/c1ccccn1. The maximum atomic E-state index is 5.17. The Morgan fingerprint density at radius 3 is 2.81 bits per heavy atom. The Balaban J connectivity index is 2.45. The van der Waals surface area contributed by atoms with Crippen LogP contribution in [-0.4, -0.2) is 34.3 Å².